The van der Waals surface area contributed by atoms with Crippen molar-refractivity contribution in [1.82, 2.24) is 9.88 Å². The average Bonchev–Trinajstić information content (AvgIpc) is 2.30. The minimum Gasteiger partial charge on any atom is -0.337 e. The van der Waals surface area contributed by atoms with Crippen LogP contribution in [0.4, 0.5) is 0 Å². The van der Waals surface area contributed by atoms with Crippen molar-refractivity contribution in [3.63, 3.8) is 0 Å². The Bertz CT molecular complexity index is 313. The fraction of sp³-hybridized carbons (Fsp3) is 0.500. The Morgan fingerprint density at radius 2 is 2.31 bits per heavy atom. The van der Waals surface area contributed by atoms with Crippen molar-refractivity contribution in [2.24, 2.45) is 5.73 Å². The summed E-state index contributed by atoms with van der Waals surface area (Å²) in [6.45, 7) is 3.80. The summed E-state index contributed by atoms with van der Waals surface area (Å²) in [5, 5.41) is 0. The number of carbonyl (C=O) groups is 1. The summed E-state index contributed by atoms with van der Waals surface area (Å²) in [6, 6.07) is 5.73. The second kappa shape index (κ2) is 6.95. The summed E-state index contributed by atoms with van der Waals surface area (Å²) >= 11 is 0. The topological polar surface area (TPSA) is 59.2 Å². The maximum atomic E-state index is 11.8. The zero-order chi connectivity index (χ0) is 11.8. The van der Waals surface area contributed by atoms with Gasteiger partial charge in [0, 0.05) is 25.7 Å². The molecule has 0 fully saturated rings. The van der Waals surface area contributed by atoms with E-state index in [0.29, 0.717) is 19.5 Å². The van der Waals surface area contributed by atoms with E-state index in [1.165, 1.54) is 0 Å². The summed E-state index contributed by atoms with van der Waals surface area (Å²) in [5.74, 6) is 0.106. The molecule has 0 unspecified atom stereocenters. The zero-order valence-electron chi connectivity index (χ0n) is 9.72. The minimum absolute atomic E-state index is 0.106. The lowest BCUT2D eigenvalue weighted by Crippen LogP contribution is -2.32. The molecule has 0 radical (unpaired) electrons. The number of hydrogen-bond acceptors (Lipinski definition) is 3. The van der Waals surface area contributed by atoms with Gasteiger partial charge in [0.1, 0.15) is 0 Å². The van der Waals surface area contributed by atoms with E-state index in [4.69, 9.17) is 5.73 Å². The van der Waals surface area contributed by atoms with Crippen molar-refractivity contribution < 1.29 is 4.79 Å². The predicted octanol–water partition coefficient (Wildman–Crippen LogP) is 1.17. The van der Waals surface area contributed by atoms with Gasteiger partial charge >= 0.3 is 0 Å². The van der Waals surface area contributed by atoms with E-state index in [2.05, 4.69) is 11.9 Å². The molecule has 0 saturated heterocycles. The molecule has 0 atom stereocenters. The summed E-state index contributed by atoms with van der Waals surface area (Å²) in [5.41, 5.74) is 6.31. The fourth-order valence-electron chi connectivity index (χ4n) is 1.53. The smallest absolute Gasteiger partial charge is 0.224 e. The second-order valence-corrected chi connectivity index (χ2v) is 3.68. The Hall–Kier alpha value is -1.42. The number of carbonyl (C=O) groups excluding carboxylic acids is 1. The molecule has 0 bridgehead atoms. The summed E-state index contributed by atoms with van der Waals surface area (Å²) in [6.07, 6.45) is 3.10. The largest absolute Gasteiger partial charge is 0.337 e. The molecular weight excluding hydrogens is 202 g/mol. The highest BCUT2D eigenvalue weighted by Crippen LogP contribution is 2.04. The van der Waals surface area contributed by atoms with Crippen molar-refractivity contribution >= 4 is 5.91 Å². The van der Waals surface area contributed by atoms with E-state index in [1.54, 1.807) is 6.20 Å². The van der Waals surface area contributed by atoms with Gasteiger partial charge in [-0.15, -0.1) is 0 Å². The Morgan fingerprint density at radius 1 is 1.50 bits per heavy atom. The molecule has 1 aromatic heterocycles. The number of aromatic nitrogens is 1. The number of nitrogens with zero attached hydrogens (tertiary/aromatic N) is 2. The maximum Gasteiger partial charge on any atom is 0.224 e. The first kappa shape index (κ1) is 12.6. The van der Waals surface area contributed by atoms with Gasteiger partial charge in [-0.1, -0.05) is 13.0 Å². The number of nitrogens with two attached hydrogens (primary N) is 1. The van der Waals surface area contributed by atoms with Crippen LogP contribution in [0.2, 0.25) is 0 Å². The van der Waals surface area contributed by atoms with E-state index in [9.17, 15) is 4.79 Å². The van der Waals surface area contributed by atoms with E-state index in [0.717, 1.165) is 18.7 Å². The number of amides is 1. The van der Waals surface area contributed by atoms with Gasteiger partial charge in [0.25, 0.3) is 0 Å². The third-order valence-electron chi connectivity index (χ3n) is 2.28. The Morgan fingerprint density at radius 3 is 2.88 bits per heavy atom. The molecule has 0 aromatic carbocycles. The van der Waals surface area contributed by atoms with Gasteiger partial charge in [-0.2, -0.15) is 0 Å². The van der Waals surface area contributed by atoms with Crippen molar-refractivity contribution in [2.45, 2.75) is 26.3 Å². The van der Waals surface area contributed by atoms with Crippen LogP contribution in [0.25, 0.3) is 0 Å². The summed E-state index contributed by atoms with van der Waals surface area (Å²) < 4.78 is 0. The molecule has 0 aliphatic carbocycles. The zero-order valence-corrected chi connectivity index (χ0v) is 9.72. The van der Waals surface area contributed by atoms with E-state index >= 15 is 0 Å². The molecule has 16 heavy (non-hydrogen) atoms. The quantitative estimate of drug-likeness (QED) is 0.784. The van der Waals surface area contributed by atoms with Gasteiger partial charge in [-0.05, 0) is 18.6 Å². The van der Waals surface area contributed by atoms with Crippen LogP contribution in [0.1, 0.15) is 25.5 Å². The highest BCUT2D eigenvalue weighted by Gasteiger charge is 2.12. The molecule has 88 valence electrons. The fourth-order valence-corrected chi connectivity index (χ4v) is 1.53. The number of pyridine rings is 1. The van der Waals surface area contributed by atoms with E-state index < -0.39 is 0 Å². The molecule has 4 heteroatoms. The monoisotopic (exact) mass is 221 g/mol. The molecule has 0 aliphatic rings. The number of rotatable bonds is 6. The van der Waals surface area contributed by atoms with Gasteiger partial charge in [-0.3, -0.25) is 9.78 Å². The molecule has 0 aliphatic heterocycles. The first-order valence-electron chi connectivity index (χ1n) is 5.65. The first-order valence-corrected chi connectivity index (χ1v) is 5.65. The van der Waals surface area contributed by atoms with Crippen molar-refractivity contribution in [3.8, 4) is 0 Å². The Kier molecular flexibility index (Phi) is 5.50. The second-order valence-electron chi connectivity index (χ2n) is 3.68. The van der Waals surface area contributed by atoms with Gasteiger partial charge in [-0.25, -0.2) is 0 Å². The normalized spacial score (nSPS) is 10.1. The number of hydrogen-bond donors (Lipinski definition) is 1. The van der Waals surface area contributed by atoms with Crippen LogP contribution in [-0.2, 0) is 11.3 Å². The average molecular weight is 221 g/mol. The highest BCUT2D eigenvalue weighted by atomic mass is 16.2. The van der Waals surface area contributed by atoms with Crippen LogP contribution in [0.3, 0.4) is 0 Å². The standard InChI is InChI=1S/C12H19N3O/c1-2-9-15(12(16)6-7-13)10-11-5-3-4-8-14-11/h3-5,8H,2,6-7,9-10,13H2,1H3. The van der Waals surface area contributed by atoms with E-state index in [1.807, 2.05) is 23.1 Å². The molecule has 1 aromatic rings. The molecule has 1 rings (SSSR count). The van der Waals surface area contributed by atoms with Crippen LogP contribution < -0.4 is 5.73 Å². The highest BCUT2D eigenvalue weighted by molar-refractivity contribution is 5.76. The Labute approximate surface area is 96.5 Å². The first-order chi connectivity index (χ1) is 7.77. The molecule has 1 amide bonds. The maximum absolute atomic E-state index is 11.8. The minimum atomic E-state index is 0.106. The molecule has 1 heterocycles. The third-order valence-corrected chi connectivity index (χ3v) is 2.28. The van der Waals surface area contributed by atoms with Crippen LogP contribution >= 0.6 is 0 Å². The summed E-state index contributed by atoms with van der Waals surface area (Å²) in [7, 11) is 0. The SMILES string of the molecule is CCCN(Cc1ccccn1)C(=O)CCN. The van der Waals surface area contributed by atoms with Crippen molar-refractivity contribution in [1.29, 1.82) is 0 Å². The third kappa shape index (κ3) is 3.98. The van der Waals surface area contributed by atoms with Crippen molar-refractivity contribution in [3.05, 3.63) is 30.1 Å². The van der Waals surface area contributed by atoms with Gasteiger partial charge < -0.3 is 10.6 Å². The summed E-state index contributed by atoms with van der Waals surface area (Å²) in [4.78, 5) is 17.8. The molecular formula is C12H19N3O. The lowest BCUT2D eigenvalue weighted by atomic mass is 10.2. The predicted molar refractivity (Wildman–Crippen MR) is 63.6 cm³/mol. The van der Waals surface area contributed by atoms with Crippen LogP contribution in [0.5, 0.6) is 0 Å². The van der Waals surface area contributed by atoms with Crippen molar-refractivity contribution in [2.75, 3.05) is 13.1 Å². The molecule has 0 spiro atoms. The van der Waals surface area contributed by atoms with Crippen LogP contribution in [-0.4, -0.2) is 28.9 Å². The van der Waals surface area contributed by atoms with Gasteiger partial charge in [0.2, 0.25) is 5.91 Å². The van der Waals surface area contributed by atoms with Crippen LogP contribution in [0, 0.1) is 0 Å². The Balaban J connectivity index is 2.60. The van der Waals surface area contributed by atoms with Gasteiger partial charge in [0.15, 0.2) is 0 Å². The molecule has 0 saturated carbocycles. The lowest BCUT2D eigenvalue weighted by Gasteiger charge is -2.21. The van der Waals surface area contributed by atoms with Crippen LogP contribution in [0.15, 0.2) is 24.4 Å². The molecule has 4 nitrogen and oxygen atoms in total. The van der Waals surface area contributed by atoms with E-state index in [-0.39, 0.29) is 5.91 Å². The lowest BCUT2D eigenvalue weighted by molar-refractivity contribution is -0.131. The van der Waals surface area contributed by atoms with Gasteiger partial charge in [0.05, 0.1) is 12.2 Å². The molecule has 2 N–H and O–H groups in total.